The lowest BCUT2D eigenvalue weighted by atomic mass is 10.00. The van der Waals surface area contributed by atoms with E-state index in [4.69, 9.17) is 4.74 Å². The molecule has 1 atom stereocenters. The highest BCUT2D eigenvalue weighted by Crippen LogP contribution is 2.29. The van der Waals surface area contributed by atoms with E-state index in [1.165, 1.54) is 12.1 Å². The van der Waals surface area contributed by atoms with Crippen LogP contribution in [0, 0.1) is 0 Å². The van der Waals surface area contributed by atoms with Crippen LogP contribution in [0.3, 0.4) is 0 Å². The number of morpholine rings is 1. The van der Waals surface area contributed by atoms with Crippen molar-refractivity contribution in [1.82, 2.24) is 5.32 Å². The Balaban J connectivity index is 1.56. The van der Waals surface area contributed by atoms with Gasteiger partial charge in [0.1, 0.15) is 5.78 Å². The topological polar surface area (TPSA) is 38.3 Å². The van der Waals surface area contributed by atoms with Gasteiger partial charge in [0.2, 0.25) is 0 Å². The van der Waals surface area contributed by atoms with Gasteiger partial charge >= 0.3 is 6.18 Å². The number of alkyl halides is 3. The second kappa shape index (κ2) is 8.01. The standard InChI is InChI=1S/C20H20F3NO2/c21-20(22,23)17-7-3-15(4-8-17)12-18(25)11-14-1-5-16(6-2-14)19-13-24-9-10-26-19/h1-8,19,24H,9-13H2/t19-/m1/s1. The first-order chi connectivity index (χ1) is 12.4. The van der Waals surface area contributed by atoms with Gasteiger partial charge in [-0.2, -0.15) is 13.2 Å². The zero-order valence-electron chi connectivity index (χ0n) is 14.2. The van der Waals surface area contributed by atoms with Crippen molar-refractivity contribution in [3.05, 3.63) is 70.8 Å². The molecule has 0 aromatic heterocycles. The van der Waals surface area contributed by atoms with Crippen LogP contribution in [-0.2, 0) is 28.5 Å². The molecule has 2 aromatic rings. The average molecular weight is 363 g/mol. The summed E-state index contributed by atoms with van der Waals surface area (Å²) in [5.41, 5.74) is 1.83. The minimum absolute atomic E-state index is 0.0284. The molecule has 3 rings (SSSR count). The summed E-state index contributed by atoms with van der Waals surface area (Å²) >= 11 is 0. The summed E-state index contributed by atoms with van der Waals surface area (Å²) in [4.78, 5) is 12.2. The SMILES string of the molecule is O=C(Cc1ccc([C@H]2CNCCO2)cc1)Cc1ccc(C(F)(F)F)cc1. The van der Waals surface area contributed by atoms with E-state index < -0.39 is 11.7 Å². The number of benzene rings is 2. The van der Waals surface area contributed by atoms with Gasteiger partial charge in [-0.05, 0) is 28.8 Å². The van der Waals surface area contributed by atoms with Crippen molar-refractivity contribution >= 4 is 5.78 Å². The summed E-state index contributed by atoms with van der Waals surface area (Å²) in [7, 11) is 0. The number of carbonyl (C=O) groups is 1. The lowest BCUT2D eigenvalue weighted by molar-refractivity contribution is -0.137. The monoisotopic (exact) mass is 363 g/mol. The molecule has 1 aliphatic rings. The Bertz CT molecular complexity index is 733. The van der Waals surface area contributed by atoms with Crippen LogP contribution in [0.1, 0.15) is 28.4 Å². The van der Waals surface area contributed by atoms with Gasteiger partial charge in [-0.15, -0.1) is 0 Å². The summed E-state index contributed by atoms with van der Waals surface area (Å²) in [5.74, 6) is -0.0342. The van der Waals surface area contributed by atoms with Gasteiger partial charge in [0.15, 0.2) is 0 Å². The fourth-order valence-corrected chi connectivity index (χ4v) is 2.96. The molecule has 0 aliphatic carbocycles. The van der Waals surface area contributed by atoms with Crippen molar-refractivity contribution in [1.29, 1.82) is 0 Å². The molecular formula is C20H20F3NO2. The third-order valence-corrected chi connectivity index (χ3v) is 4.36. The predicted octanol–water partition coefficient (Wildman–Crippen LogP) is 3.72. The molecule has 0 saturated carbocycles. The van der Waals surface area contributed by atoms with Crippen LogP contribution in [-0.4, -0.2) is 25.5 Å². The van der Waals surface area contributed by atoms with Crippen LogP contribution in [0.15, 0.2) is 48.5 Å². The molecule has 0 radical (unpaired) electrons. The Morgan fingerprint density at radius 2 is 1.58 bits per heavy atom. The number of halogens is 3. The zero-order chi connectivity index (χ0) is 18.6. The largest absolute Gasteiger partial charge is 0.416 e. The van der Waals surface area contributed by atoms with Gasteiger partial charge in [0.05, 0.1) is 18.3 Å². The van der Waals surface area contributed by atoms with Crippen LogP contribution < -0.4 is 5.32 Å². The highest BCUT2D eigenvalue weighted by Gasteiger charge is 2.29. The normalized spacial score (nSPS) is 17.9. The Labute approximate surface area is 150 Å². The molecule has 0 spiro atoms. The average Bonchev–Trinajstić information content (AvgIpc) is 2.63. The van der Waals surface area contributed by atoms with Crippen molar-refractivity contribution in [3.63, 3.8) is 0 Å². The smallest absolute Gasteiger partial charge is 0.371 e. The number of rotatable bonds is 5. The molecule has 2 aromatic carbocycles. The predicted molar refractivity (Wildman–Crippen MR) is 91.9 cm³/mol. The molecule has 3 nitrogen and oxygen atoms in total. The van der Waals surface area contributed by atoms with Gasteiger partial charge in [0, 0.05) is 25.9 Å². The Kier molecular flexibility index (Phi) is 5.74. The Morgan fingerprint density at radius 1 is 1.00 bits per heavy atom. The maximum Gasteiger partial charge on any atom is 0.416 e. The third-order valence-electron chi connectivity index (χ3n) is 4.36. The molecule has 1 saturated heterocycles. The fourth-order valence-electron chi connectivity index (χ4n) is 2.96. The van der Waals surface area contributed by atoms with Crippen molar-refractivity contribution in [2.75, 3.05) is 19.7 Å². The molecule has 138 valence electrons. The van der Waals surface area contributed by atoms with Gasteiger partial charge < -0.3 is 10.1 Å². The van der Waals surface area contributed by atoms with Crippen molar-refractivity contribution in [2.45, 2.75) is 25.1 Å². The quantitative estimate of drug-likeness (QED) is 0.880. The van der Waals surface area contributed by atoms with Gasteiger partial charge in [0.25, 0.3) is 0 Å². The molecule has 1 N–H and O–H groups in total. The van der Waals surface area contributed by atoms with Crippen LogP contribution in [0.2, 0.25) is 0 Å². The molecule has 0 bridgehead atoms. The first-order valence-corrected chi connectivity index (χ1v) is 8.51. The van der Waals surface area contributed by atoms with E-state index in [-0.39, 0.29) is 24.7 Å². The first kappa shape index (κ1) is 18.6. The van der Waals surface area contributed by atoms with E-state index in [1.807, 2.05) is 24.3 Å². The van der Waals surface area contributed by atoms with E-state index in [1.54, 1.807) is 0 Å². The summed E-state index contributed by atoms with van der Waals surface area (Å²) in [5, 5.41) is 3.27. The maximum absolute atomic E-state index is 12.6. The molecule has 0 unspecified atom stereocenters. The fraction of sp³-hybridized carbons (Fsp3) is 0.350. The van der Waals surface area contributed by atoms with Crippen molar-refractivity contribution < 1.29 is 22.7 Å². The molecule has 1 aliphatic heterocycles. The van der Waals surface area contributed by atoms with Crippen LogP contribution >= 0.6 is 0 Å². The lowest BCUT2D eigenvalue weighted by Crippen LogP contribution is -2.33. The minimum Gasteiger partial charge on any atom is -0.371 e. The number of hydrogen-bond acceptors (Lipinski definition) is 3. The van der Waals surface area contributed by atoms with E-state index in [0.29, 0.717) is 12.2 Å². The van der Waals surface area contributed by atoms with Crippen LogP contribution in [0.25, 0.3) is 0 Å². The zero-order valence-corrected chi connectivity index (χ0v) is 14.2. The molecule has 1 heterocycles. The molecule has 1 fully saturated rings. The number of hydrogen-bond donors (Lipinski definition) is 1. The highest BCUT2D eigenvalue weighted by atomic mass is 19.4. The molecule has 0 amide bonds. The second-order valence-corrected chi connectivity index (χ2v) is 6.39. The van der Waals surface area contributed by atoms with E-state index in [2.05, 4.69) is 5.32 Å². The molecule has 26 heavy (non-hydrogen) atoms. The van der Waals surface area contributed by atoms with Crippen LogP contribution in [0.4, 0.5) is 13.2 Å². The summed E-state index contributed by atoms with van der Waals surface area (Å²) in [6.07, 6.45) is -3.96. The van der Waals surface area contributed by atoms with E-state index in [9.17, 15) is 18.0 Å². The highest BCUT2D eigenvalue weighted by molar-refractivity contribution is 5.83. The number of ether oxygens (including phenoxy) is 1. The lowest BCUT2D eigenvalue weighted by Gasteiger charge is -2.24. The Hall–Kier alpha value is -2.18. The molecular weight excluding hydrogens is 343 g/mol. The number of ketones is 1. The van der Waals surface area contributed by atoms with Crippen molar-refractivity contribution in [2.24, 2.45) is 0 Å². The summed E-state index contributed by atoms with van der Waals surface area (Å²) in [6.45, 7) is 2.30. The minimum atomic E-state index is -4.36. The van der Waals surface area contributed by atoms with Gasteiger partial charge in [-0.3, -0.25) is 4.79 Å². The number of carbonyl (C=O) groups excluding carboxylic acids is 1. The summed E-state index contributed by atoms with van der Waals surface area (Å²) < 4.78 is 43.4. The number of Topliss-reactive ketones (excluding diaryl/α,β-unsaturated/α-hetero) is 1. The summed E-state index contributed by atoms with van der Waals surface area (Å²) in [6, 6.07) is 12.5. The van der Waals surface area contributed by atoms with Gasteiger partial charge in [-0.1, -0.05) is 36.4 Å². The third kappa shape index (κ3) is 4.93. The Morgan fingerprint density at radius 3 is 2.08 bits per heavy atom. The first-order valence-electron chi connectivity index (χ1n) is 8.51. The maximum atomic E-state index is 12.6. The second-order valence-electron chi connectivity index (χ2n) is 6.39. The molecule has 6 heteroatoms. The number of nitrogens with one attached hydrogen (secondary N) is 1. The van der Waals surface area contributed by atoms with E-state index in [0.717, 1.165) is 36.3 Å². The van der Waals surface area contributed by atoms with Gasteiger partial charge in [-0.25, -0.2) is 0 Å². The van der Waals surface area contributed by atoms with Crippen LogP contribution in [0.5, 0.6) is 0 Å². The van der Waals surface area contributed by atoms with Crippen molar-refractivity contribution in [3.8, 4) is 0 Å². The van der Waals surface area contributed by atoms with E-state index >= 15 is 0 Å².